The van der Waals surface area contributed by atoms with Crippen molar-refractivity contribution in [2.45, 2.75) is 25.8 Å². The minimum atomic E-state index is -0.210. The van der Waals surface area contributed by atoms with Crippen molar-refractivity contribution in [3.63, 3.8) is 0 Å². The van der Waals surface area contributed by atoms with Gasteiger partial charge in [0, 0.05) is 18.4 Å². The number of thioether (sulfide) groups is 1. The molecule has 0 aliphatic heterocycles. The minimum Gasteiger partial charge on any atom is -0.364 e. The molecule has 1 aromatic heterocycles. The Kier molecular flexibility index (Phi) is 9.77. The zero-order valence-electron chi connectivity index (χ0n) is 13.7. The maximum absolute atomic E-state index is 13.4. The molecule has 0 radical (unpaired) electrons. The molecule has 0 aliphatic rings. The van der Waals surface area contributed by atoms with Crippen molar-refractivity contribution >= 4 is 41.7 Å². The monoisotopic (exact) mass is 464 g/mol. The highest BCUT2D eigenvalue weighted by Gasteiger charge is 2.05. The Balaban J connectivity index is 0.00000288. The Bertz CT molecular complexity index is 637. The molecule has 2 rings (SSSR count). The van der Waals surface area contributed by atoms with Crippen LogP contribution >= 0.6 is 35.7 Å². The number of aromatic nitrogens is 1. The largest absolute Gasteiger partial charge is 0.364 e. The first-order valence-corrected chi connectivity index (χ1v) is 8.80. The first kappa shape index (κ1) is 20.8. The van der Waals surface area contributed by atoms with Gasteiger partial charge in [-0.3, -0.25) is 0 Å². The summed E-state index contributed by atoms with van der Waals surface area (Å²) < 4.78 is 18.2. The Hall–Kier alpha value is -1.29. The third kappa shape index (κ3) is 6.68. The molecule has 0 fully saturated rings. The van der Waals surface area contributed by atoms with Gasteiger partial charge >= 0.3 is 0 Å². The average molecular weight is 464 g/mol. The van der Waals surface area contributed by atoms with E-state index in [1.807, 2.05) is 13.2 Å². The van der Waals surface area contributed by atoms with E-state index in [-0.39, 0.29) is 29.8 Å². The molecular weight excluding hydrogens is 442 g/mol. The Morgan fingerprint density at radius 1 is 1.29 bits per heavy atom. The van der Waals surface area contributed by atoms with Gasteiger partial charge < -0.3 is 15.2 Å². The summed E-state index contributed by atoms with van der Waals surface area (Å²) in [6.07, 6.45) is 3.54. The van der Waals surface area contributed by atoms with Crippen LogP contribution in [0.15, 0.2) is 40.0 Å². The molecule has 0 aliphatic carbocycles. The Morgan fingerprint density at radius 3 is 2.79 bits per heavy atom. The smallest absolute Gasteiger partial charge is 0.191 e. The normalized spacial score (nSPS) is 11.0. The Morgan fingerprint density at radius 2 is 2.12 bits per heavy atom. The fourth-order valence-corrected chi connectivity index (χ4v) is 2.63. The summed E-state index contributed by atoms with van der Waals surface area (Å²) in [7, 11) is 0. The third-order valence-corrected chi connectivity index (χ3v) is 3.75. The molecule has 0 bridgehead atoms. The minimum absolute atomic E-state index is 0. The zero-order chi connectivity index (χ0) is 16.5. The molecule has 8 heteroatoms. The lowest BCUT2D eigenvalue weighted by atomic mass is 10.1. The van der Waals surface area contributed by atoms with Gasteiger partial charge in [-0.05, 0) is 36.4 Å². The van der Waals surface area contributed by atoms with Gasteiger partial charge in [0.2, 0.25) is 0 Å². The average Bonchev–Trinajstić information content (AvgIpc) is 3.05. The van der Waals surface area contributed by atoms with Crippen molar-refractivity contribution in [1.82, 2.24) is 15.8 Å². The molecule has 0 saturated heterocycles. The van der Waals surface area contributed by atoms with E-state index in [1.54, 1.807) is 30.0 Å². The number of nitrogens with zero attached hydrogens (tertiary/aromatic N) is 2. The van der Waals surface area contributed by atoms with Crippen LogP contribution in [0, 0.1) is 5.82 Å². The molecule has 0 spiro atoms. The summed E-state index contributed by atoms with van der Waals surface area (Å²) in [4.78, 5) is 4.56. The van der Waals surface area contributed by atoms with Crippen molar-refractivity contribution in [2.75, 3.05) is 12.8 Å². The molecule has 0 atom stereocenters. The van der Waals surface area contributed by atoms with Gasteiger partial charge in [-0.1, -0.05) is 11.2 Å². The lowest BCUT2D eigenvalue weighted by Gasteiger charge is -2.11. The van der Waals surface area contributed by atoms with Gasteiger partial charge in [0.15, 0.2) is 5.96 Å². The highest BCUT2D eigenvalue weighted by molar-refractivity contribution is 14.0. The van der Waals surface area contributed by atoms with E-state index in [0.29, 0.717) is 19.0 Å². The summed E-state index contributed by atoms with van der Waals surface area (Å²) in [6, 6.07) is 6.65. The predicted octanol–water partition coefficient (Wildman–Crippen LogP) is 3.55. The summed E-state index contributed by atoms with van der Waals surface area (Å²) in [5.74, 6) is 1.25. The van der Waals surface area contributed by atoms with Crippen LogP contribution in [0.25, 0.3) is 0 Å². The fraction of sp³-hybridized carbons (Fsp3) is 0.375. The summed E-state index contributed by atoms with van der Waals surface area (Å²) in [5, 5.41) is 10.2. The van der Waals surface area contributed by atoms with E-state index in [2.05, 4.69) is 20.8 Å². The number of benzene rings is 1. The number of hydrogen-bond acceptors (Lipinski definition) is 4. The number of rotatable bonds is 7. The second kappa shape index (κ2) is 11.3. The summed E-state index contributed by atoms with van der Waals surface area (Å²) in [6.45, 7) is 3.78. The number of guanidine groups is 1. The maximum Gasteiger partial charge on any atom is 0.191 e. The molecule has 5 nitrogen and oxygen atoms in total. The highest BCUT2D eigenvalue weighted by Crippen LogP contribution is 2.17. The summed E-state index contributed by atoms with van der Waals surface area (Å²) in [5.41, 5.74) is 2.81. The molecule has 24 heavy (non-hydrogen) atoms. The van der Waals surface area contributed by atoms with Gasteiger partial charge in [-0.25, -0.2) is 9.38 Å². The van der Waals surface area contributed by atoms with Crippen LogP contribution in [0.3, 0.4) is 0 Å². The fourth-order valence-electron chi connectivity index (χ4n) is 2.05. The van der Waals surface area contributed by atoms with Gasteiger partial charge in [0.05, 0.1) is 13.1 Å². The van der Waals surface area contributed by atoms with Crippen LogP contribution in [0.5, 0.6) is 0 Å². The molecule has 0 amide bonds. The molecule has 2 aromatic rings. The van der Waals surface area contributed by atoms with E-state index in [4.69, 9.17) is 4.52 Å². The van der Waals surface area contributed by atoms with E-state index in [9.17, 15) is 4.39 Å². The van der Waals surface area contributed by atoms with Crippen molar-refractivity contribution < 1.29 is 8.91 Å². The Labute approximate surface area is 162 Å². The van der Waals surface area contributed by atoms with Crippen LogP contribution in [0.4, 0.5) is 4.39 Å². The van der Waals surface area contributed by atoms with Crippen LogP contribution in [-0.4, -0.2) is 23.9 Å². The van der Waals surface area contributed by atoms with Crippen LogP contribution in [0.1, 0.15) is 23.7 Å². The van der Waals surface area contributed by atoms with Crippen LogP contribution in [0.2, 0.25) is 0 Å². The quantitative estimate of drug-likeness (QED) is 0.373. The molecule has 0 unspecified atom stereocenters. The molecular formula is C16H22FIN4OS. The van der Waals surface area contributed by atoms with Gasteiger partial charge in [0.1, 0.15) is 17.8 Å². The van der Waals surface area contributed by atoms with Crippen LogP contribution < -0.4 is 10.6 Å². The molecule has 2 N–H and O–H groups in total. The van der Waals surface area contributed by atoms with E-state index < -0.39 is 0 Å². The summed E-state index contributed by atoms with van der Waals surface area (Å²) >= 11 is 1.67. The van der Waals surface area contributed by atoms with Crippen molar-refractivity contribution in [3.8, 4) is 0 Å². The zero-order valence-corrected chi connectivity index (χ0v) is 16.9. The van der Waals surface area contributed by atoms with Gasteiger partial charge in [-0.2, -0.15) is 11.8 Å². The van der Waals surface area contributed by atoms with Gasteiger partial charge in [-0.15, -0.1) is 24.0 Å². The predicted molar refractivity (Wildman–Crippen MR) is 107 cm³/mol. The molecule has 0 saturated carbocycles. The first-order chi connectivity index (χ1) is 11.2. The lowest BCUT2D eigenvalue weighted by molar-refractivity contribution is 0.410. The SMILES string of the molecule is CCNC(=NCc1ccc(F)cc1CSC)NCc1ccon1.I. The second-order valence-corrected chi connectivity index (χ2v) is 5.75. The number of halogens is 2. The number of nitrogens with one attached hydrogen (secondary N) is 2. The van der Waals surface area contributed by atoms with E-state index in [0.717, 1.165) is 29.1 Å². The van der Waals surface area contributed by atoms with E-state index in [1.165, 1.54) is 12.3 Å². The molecule has 1 heterocycles. The number of hydrogen-bond donors (Lipinski definition) is 2. The maximum atomic E-state index is 13.4. The first-order valence-electron chi connectivity index (χ1n) is 7.40. The topological polar surface area (TPSA) is 62.5 Å². The third-order valence-electron chi connectivity index (χ3n) is 3.15. The van der Waals surface area contributed by atoms with Crippen LogP contribution in [-0.2, 0) is 18.8 Å². The van der Waals surface area contributed by atoms with E-state index >= 15 is 0 Å². The highest BCUT2D eigenvalue weighted by atomic mass is 127. The molecule has 132 valence electrons. The molecule has 1 aromatic carbocycles. The van der Waals surface area contributed by atoms with Gasteiger partial charge in [0.25, 0.3) is 0 Å². The second-order valence-electron chi connectivity index (χ2n) is 4.89. The van der Waals surface area contributed by atoms with Crippen molar-refractivity contribution in [2.24, 2.45) is 4.99 Å². The lowest BCUT2D eigenvalue weighted by Crippen LogP contribution is -2.36. The standard InChI is InChI=1S/C16H21FN4OS.HI/c1-3-18-16(20-10-15-6-7-22-21-15)19-9-12-4-5-14(17)8-13(12)11-23-2;/h4-8H,3,9-11H2,1-2H3,(H2,18,19,20);1H. The van der Waals surface area contributed by atoms with Crippen molar-refractivity contribution in [1.29, 1.82) is 0 Å². The number of aliphatic imine (C=N–C) groups is 1. The van der Waals surface area contributed by atoms with Crippen molar-refractivity contribution in [3.05, 3.63) is 53.2 Å².